The molecular formula is C17H20N2O3S2. The number of amides is 1. The van der Waals surface area contributed by atoms with Gasteiger partial charge >= 0.3 is 0 Å². The van der Waals surface area contributed by atoms with E-state index in [1.54, 1.807) is 17.5 Å². The van der Waals surface area contributed by atoms with Gasteiger partial charge in [0.2, 0.25) is 5.91 Å². The predicted molar refractivity (Wildman–Crippen MR) is 95.5 cm³/mol. The van der Waals surface area contributed by atoms with Crippen LogP contribution in [0, 0.1) is 0 Å². The fourth-order valence-electron chi connectivity index (χ4n) is 2.97. The highest BCUT2D eigenvalue weighted by molar-refractivity contribution is 7.91. The van der Waals surface area contributed by atoms with E-state index >= 15 is 0 Å². The van der Waals surface area contributed by atoms with Crippen LogP contribution in [0.15, 0.2) is 52.1 Å². The monoisotopic (exact) mass is 364 g/mol. The van der Waals surface area contributed by atoms with E-state index in [0.717, 1.165) is 18.5 Å². The lowest BCUT2D eigenvalue weighted by atomic mass is 10.0. The van der Waals surface area contributed by atoms with Crippen molar-refractivity contribution >= 4 is 33.0 Å². The molecule has 0 saturated carbocycles. The van der Waals surface area contributed by atoms with E-state index < -0.39 is 10.0 Å². The van der Waals surface area contributed by atoms with Crippen LogP contribution in [0.4, 0.5) is 5.69 Å². The highest BCUT2D eigenvalue weighted by atomic mass is 32.2. The molecule has 1 amide bonds. The Kier molecular flexibility index (Phi) is 5.33. The van der Waals surface area contributed by atoms with Crippen LogP contribution in [0.3, 0.4) is 0 Å². The average Bonchev–Trinajstić information content (AvgIpc) is 3.11. The number of nitrogens with zero attached hydrogens (tertiary/aromatic N) is 1. The maximum Gasteiger partial charge on any atom is 0.252 e. The van der Waals surface area contributed by atoms with Gasteiger partial charge in [0.15, 0.2) is 0 Å². The van der Waals surface area contributed by atoms with Gasteiger partial charge in [0.05, 0.1) is 0 Å². The van der Waals surface area contributed by atoms with Crippen LogP contribution in [-0.4, -0.2) is 31.2 Å². The van der Waals surface area contributed by atoms with Crippen LogP contribution in [0.1, 0.15) is 25.7 Å². The van der Waals surface area contributed by atoms with Crippen molar-refractivity contribution in [1.29, 1.82) is 0 Å². The van der Waals surface area contributed by atoms with Crippen molar-refractivity contribution in [2.75, 3.05) is 11.9 Å². The molecular weight excluding hydrogens is 344 g/mol. The van der Waals surface area contributed by atoms with Crippen LogP contribution in [-0.2, 0) is 14.8 Å². The summed E-state index contributed by atoms with van der Waals surface area (Å²) in [6.45, 7) is 0.476. The van der Waals surface area contributed by atoms with Crippen LogP contribution in [0.5, 0.6) is 0 Å². The summed E-state index contributed by atoms with van der Waals surface area (Å²) in [4.78, 5) is 12.3. The van der Waals surface area contributed by atoms with Crippen molar-refractivity contribution in [3.8, 4) is 0 Å². The molecule has 3 rings (SSSR count). The third kappa shape index (κ3) is 3.85. The fraction of sp³-hybridized carbons (Fsp3) is 0.353. The van der Waals surface area contributed by atoms with Gasteiger partial charge in [-0.2, -0.15) is 4.31 Å². The van der Waals surface area contributed by atoms with Crippen molar-refractivity contribution in [3.05, 3.63) is 47.8 Å². The normalized spacial score (nSPS) is 19.1. The van der Waals surface area contributed by atoms with Crippen molar-refractivity contribution in [2.24, 2.45) is 0 Å². The highest BCUT2D eigenvalue weighted by Gasteiger charge is 2.35. The number of sulfonamides is 1. The lowest BCUT2D eigenvalue weighted by Gasteiger charge is -2.34. The molecule has 1 aromatic carbocycles. The van der Waals surface area contributed by atoms with Crippen molar-refractivity contribution < 1.29 is 13.2 Å². The Bertz CT molecular complexity index is 773. The number of benzene rings is 1. The summed E-state index contributed by atoms with van der Waals surface area (Å²) in [7, 11) is -3.51. The molecule has 1 aliphatic heterocycles. The Morgan fingerprint density at radius 2 is 1.96 bits per heavy atom. The zero-order valence-electron chi connectivity index (χ0n) is 13.2. The van der Waals surface area contributed by atoms with E-state index in [1.807, 2.05) is 30.3 Å². The zero-order chi connectivity index (χ0) is 17.0. The third-order valence-corrected chi connectivity index (χ3v) is 7.43. The van der Waals surface area contributed by atoms with Gasteiger partial charge in [0, 0.05) is 24.7 Å². The highest BCUT2D eigenvalue weighted by Crippen LogP contribution is 2.29. The van der Waals surface area contributed by atoms with Crippen molar-refractivity contribution in [2.45, 2.75) is 35.9 Å². The van der Waals surface area contributed by atoms with E-state index in [9.17, 15) is 13.2 Å². The summed E-state index contributed by atoms with van der Waals surface area (Å²) in [6.07, 6.45) is 2.67. The molecule has 0 spiro atoms. The average molecular weight is 364 g/mol. The summed E-state index contributed by atoms with van der Waals surface area (Å²) in [5.41, 5.74) is 0.728. The van der Waals surface area contributed by atoms with Gasteiger partial charge < -0.3 is 5.32 Å². The van der Waals surface area contributed by atoms with E-state index in [0.29, 0.717) is 17.2 Å². The summed E-state index contributed by atoms with van der Waals surface area (Å²) >= 11 is 1.22. The summed E-state index contributed by atoms with van der Waals surface area (Å²) < 4.78 is 27.5. The molecule has 24 heavy (non-hydrogen) atoms. The van der Waals surface area contributed by atoms with E-state index in [4.69, 9.17) is 0 Å². The molecule has 2 heterocycles. The smallest absolute Gasteiger partial charge is 0.252 e. The first kappa shape index (κ1) is 17.1. The molecule has 0 aliphatic carbocycles. The second-order valence-electron chi connectivity index (χ2n) is 5.82. The summed E-state index contributed by atoms with van der Waals surface area (Å²) in [5, 5.41) is 4.60. The standard InChI is InChI=1S/C17H20N2O3S2/c20-16(18-14-7-2-1-3-8-14)13-15-9-4-5-11-19(15)24(21,22)17-10-6-12-23-17/h1-3,6-8,10,12,15H,4-5,9,11,13H2,(H,18,20)/t15-/m0/s1. The van der Waals surface area contributed by atoms with Crippen LogP contribution >= 0.6 is 11.3 Å². The molecule has 5 nitrogen and oxygen atoms in total. The minimum Gasteiger partial charge on any atom is -0.326 e. The minimum atomic E-state index is -3.51. The van der Waals surface area contributed by atoms with Gasteiger partial charge in [-0.05, 0) is 36.4 Å². The number of thiophene rings is 1. The Morgan fingerprint density at radius 3 is 2.67 bits per heavy atom. The van der Waals surface area contributed by atoms with E-state index in [1.165, 1.54) is 15.6 Å². The number of nitrogens with one attached hydrogen (secondary N) is 1. The third-order valence-electron chi connectivity index (χ3n) is 4.11. The molecule has 1 fully saturated rings. The lowest BCUT2D eigenvalue weighted by Crippen LogP contribution is -2.45. The molecule has 128 valence electrons. The molecule has 0 unspecified atom stereocenters. The molecule has 1 aromatic heterocycles. The molecule has 1 saturated heterocycles. The number of carbonyl (C=O) groups is 1. The van der Waals surface area contributed by atoms with Crippen LogP contribution in [0.2, 0.25) is 0 Å². The maximum atomic E-state index is 12.8. The molecule has 1 N–H and O–H groups in total. The number of piperidine rings is 1. The van der Waals surface area contributed by atoms with Gasteiger partial charge in [-0.3, -0.25) is 4.79 Å². The Balaban J connectivity index is 1.72. The van der Waals surface area contributed by atoms with Gasteiger partial charge in [-0.15, -0.1) is 11.3 Å². The number of hydrogen-bond acceptors (Lipinski definition) is 4. The minimum absolute atomic E-state index is 0.153. The molecule has 1 aliphatic rings. The molecule has 7 heteroatoms. The second kappa shape index (κ2) is 7.46. The van der Waals surface area contributed by atoms with Gasteiger partial charge in [0.25, 0.3) is 10.0 Å². The van der Waals surface area contributed by atoms with E-state index in [2.05, 4.69) is 5.32 Å². The van der Waals surface area contributed by atoms with Crippen molar-refractivity contribution in [3.63, 3.8) is 0 Å². The Morgan fingerprint density at radius 1 is 1.17 bits per heavy atom. The number of anilines is 1. The van der Waals surface area contributed by atoms with Crippen molar-refractivity contribution in [1.82, 2.24) is 4.31 Å². The summed E-state index contributed by atoms with van der Waals surface area (Å²) in [6, 6.07) is 12.3. The number of carbonyl (C=O) groups excluding carboxylic acids is 1. The first-order chi connectivity index (χ1) is 11.6. The van der Waals surface area contributed by atoms with Crippen LogP contribution < -0.4 is 5.32 Å². The fourth-order valence-corrected chi connectivity index (χ4v) is 5.78. The molecule has 1 atom stereocenters. The zero-order valence-corrected chi connectivity index (χ0v) is 14.9. The predicted octanol–water partition coefficient (Wildman–Crippen LogP) is 3.32. The molecule has 2 aromatic rings. The topological polar surface area (TPSA) is 66.5 Å². The van der Waals surface area contributed by atoms with E-state index in [-0.39, 0.29) is 18.4 Å². The maximum absolute atomic E-state index is 12.8. The Labute approximate surface area is 146 Å². The molecule has 0 bridgehead atoms. The number of hydrogen-bond donors (Lipinski definition) is 1. The van der Waals surface area contributed by atoms with Gasteiger partial charge in [-0.25, -0.2) is 8.42 Å². The lowest BCUT2D eigenvalue weighted by molar-refractivity contribution is -0.117. The molecule has 0 radical (unpaired) electrons. The quantitative estimate of drug-likeness (QED) is 0.885. The SMILES string of the molecule is O=C(C[C@@H]1CCCCN1S(=O)(=O)c1cccs1)Nc1ccccc1. The summed E-state index contributed by atoms with van der Waals surface area (Å²) in [5.74, 6) is -0.153. The first-order valence-electron chi connectivity index (χ1n) is 7.97. The van der Waals surface area contributed by atoms with Gasteiger partial charge in [0.1, 0.15) is 4.21 Å². The van der Waals surface area contributed by atoms with Crippen LogP contribution in [0.25, 0.3) is 0 Å². The number of para-hydroxylation sites is 1. The Hall–Kier alpha value is -1.70. The largest absolute Gasteiger partial charge is 0.326 e. The first-order valence-corrected chi connectivity index (χ1v) is 10.3. The van der Waals surface area contributed by atoms with Gasteiger partial charge in [-0.1, -0.05) is 30.7 Å². The number of rotatable bonds is 5. The second-order valence-corrected chi connectivity index (χ2v) is 8.88.